The Kier molecular flexibility index (Phi) is 4.29. The molecule has 0 N–H and O–H groups in total. The second kappa shape index (κ2) is 7.43. The summed E-state index contributed by atoms with van der Waals surface area (Å²) in [5.41, 5.74) is 5.53. The smallest absolute Gasteiger partial charge is 0.238 e. The van der Waals surface area contributed by atoms with Crippen LogP contribution in [-0.4, -0.2) is 19.5 Å². The van der Waals surface area contributed by atoms with E-state index >= 15 is 0 Å². The molecule has 0 unspecified atom stereocenters. The third-order valence-corrected chi connectivity index (χ3v) is 5.75. The van der Waals surface area contributed by atoms with Gasteiger partial charge in [0.1, 0.15) is 5.82 Å². The van der Waals surface area contributed by atoms with Crippen molar-refractivity contribution in [2.75, 3.05) is 0 Å². The van der Waals surface area contributed by atoms with Gasteiger partial charge >= 0.3 is 0 Å². The van der Waals surface area contributed by atoms with Gasteiger partial charge in [0.2, 0.25) is 5.95 Å². The zero-order chi connectivity index (χ0) is 21.5. The van der Waals surface area contributed by atoms with Crippen LogP contribution >= 0.6 is 0 Å². The molecule has 0 aliphatic rings. The number of nitrogens with zero attached hydrogens (tertiary/aromatic N) is 4. The lowest BCUT2D eigenvalue weighted by molar-refractivity contribution is 0.907. The van der Waals surface area contributed by atoms with Gasteiger partial charge in [0.05, 0.1) is 11.0 Å². The molecule has 2 heterocycles. The Labute approximate surface area is 185 Å². The minimum Gasteiger partial charge on any atom is -0.278 e. The van der Waals surface area contributed by atoms with Crippen molar-refractivity contribution in [1.29, 1.82) is 0 Å². The van der Waals surface area contributed by atoms with Crippen molar-refractivity contribution in [3.8, 4) is 28.5 Å². The fraction of sp³-hybridized carbons (Fsp3) is 0.0357. The van der Waals surface area contributed by atoms with E-state index < -0.39 is 0 Å². The zero-order valence-corrected chi connectivity index (χ0v) is 17.6. The SMILES string of the molecule is Cc1nc(-c2ccccc2)nc(-n2c3ccccc3c3cc(-c4ccccc4)ccc32)n1. The highest BCUT2D eigenvalue weighted by molar-refractivity contribution is 6.10. The summed E-state index contributed by atoms with van der Waals surface area (Å²) >= 11 is 0. The summed E-state index contributed by atoms with van der Waals surface area (Å²) < 4.78 is 2.14. The van der Waals surface area contributed by atoms with E-state index in [1.807, 2.05) is 43.3 Å². The Morgan fingerprint density at radius 1 is 0.531 bits per heavy atom. The molecule has 0 atom stereocenters. The fourth-order valence-electron chi connectivity index (χ4n) is 4.28. The molecule has 0 amide bonds. The van der Waals surface area contributed by atoms with Gasteiger partial charge < -0.3 is 0 Å². The normalized spacial score (nSPS) is 11.3. The standard InChI is InChI=1S/C28H20N4/c1-19-29-27(21-12-6-3-7-13-21)31-28(30-19)32-25-15-9-8-14-23(25)24-18-22(16-17-26(24)32)20-10-4-2-5-11-20/h2-18H,1H3. The molecule has 0 saturated carbocycles. The van der Waals surface area contributed by atoms with Crippen molar-refractivity contribution < 1.29 is 0 Å². The lowest BCUT2D eigenvalue weighted by Crippen LogP contribution is -2.06. The molecule has 0 aliphatic carbocycles. The predicted molar refractivity (Wildman–Crippen MR) is 130 cm³/mol. The van der Waals surface area contributed by atoms with E-state index in [2.05, 4.69) is 76.3 Å². The number of aromatic nitrogens is 4. The highest BCUT2D eigenvalue weighted by atomic mass is 15.2. The Morgan fingerprint density at radius 2 is 1.19 bits per heavy atom. The van der Waals surface area contributed by atoms with Crippen LogP contribution < -0.4 is 0 Å². The lowest BCUT2D eigenvalue weighted by Gasteiger charge is -2.09. The average Bonchev–Trinajstić information content (AvgIpc) is 3.18. The first-order chi connectivity index (χ1) is 15.8. The van der Waals surface area contributed by atoms with Gasteiger partial charge in [-0.3, -0.25) is 4.57 Å². The molecule has 4 heteroatoms. The molecule has 0 radical (unpaired) electrons. The molecule has 6 aromatic rings. The first kappa shape index (κ1) is 18.5. The van der Waals surface area contributed by atoms with Crippen molar-refractivity contribution in [3.05, 3.63) is 109 Å². The van der Waals surface area contributed by atoms with E-state index in [1.165, 1.54) is 21.9 Å². The molecule has 6 rings (SSSR count). The molecule has 152 valence electrons. The summed E-state index contributed by atoms with van der Waals surface area (Å²) in [6.45, 7) is 1.92. The lowest BCUT2D eigenvalue weighted by atomic mass is 10.0. The Hall–Kier alpha value is -4.31. The minimum absolute atomic E-state index is 0.634. The summed E-state index contributed by atoms with van der Waals surface area (Å²) in [4.78, 5) is 14.2. The minimum atomic E-state index is 0.634. The van der Waals surface area contributed by atoms with Gasteiger partial charge in [0.25, 0.3) is 0 Å². The van der Waals surface area contributed by atoms with E-state index in [4.69, 9.17) is 9.97 Å². The van der Waals surface area contributed by atoms with Crippen molar-refractivity contribution in [3.63, 3.8) is 0 Å². The summed E-state index contributed by atoms with van der Waals surface area (Å²) in [6, 6.07) is 35.5. The van der Waals surface area contributed by atoms with Crippen LogP contribution in [0.15, 0.2) is 103 Å². The second-order valence-corrected chi connectivity index (χ2v) is 7.82. The quantitative estimate of drug-likeness (QED) is 0.328. The van der Waals surface area contributed by atoms with E-state index in [1.54, 1.807) is 0 Å². The van der Waals surface area contributed by atoms with Crippen LogP contribution in [0.5, 0.6) is 0 Å². The number of hydrogen-bond donors (Lipinski definition) is 0. The van der Waals surface area contributed by atoms with Crippen LogP contribution in [0.1, 0.15) is 5.82 Å². The summed E-state index contributed by atoms with van der Waals surface area (Å²) in [5, 5.41) is 2.36. The van der Waals surface area contributed by atoms with Crippen LogP contribution in [0.4, 0.5) is 0 Å². The molecule has 4 nitrogen and oxygen atoms in total. The highest BCUT2D eigenvalue weighted by Crippen LogP contribution is 2.34. The van der Waals surface area contributed by atoms with Gasteiger partial charge in [-0.05, 0) is 36.2 Å². The molecule has 0 fully saturated rings. The maximum Gasteiger partial charge on any atom is 0.238 e. The van der Waals surface area contributed by atoms with Crippen LogP contribution in [0.25, 0.3) is 50.3 Å². The second-order valence-electron chi connectivity index (χ2n) is 7.82. The Balaban J connectivity index is 1.62. The summed E-state index contributed by atoms with van der Waals surface area (Å²) in [6.07, 6.45) is 0. The van der Waals surface area contributed by atoms with Gasteiger partial charge in [0, 0.05) is 16.3 Å². The number of fused-ring (bicyclic) bond motifs is 3. The first-order valence-corrected chi connectivity index (χ1v) is 10.6. The number of rotatable bonds is 3. The van der Waals surface area contributed by atoms with Crippen molar-refractivity contribution in [2.45, 2.75) is 6.92 Å². The highest BCUT2D eigenvalue weighted by Gasteiger charge is 2.16. The van der Waals surface area contributed by atoms with E-state index in [0.29, 0.717) is 17.6 Å². The molecule has 0 saturated heterocycles. The largest absolute Gasteiger partial charge is 0.278 e. The number of hydrogen-bond acceptors (Lipinski definition) is 3. The molecule has 4 aromatic carbocycles. The number of aryl methyl sites for hydroxylation is 1. The average molecular weight is 412 g/mol. The topological polar surface area (TPSA) is 43.6 Å². The molecule has 0 aliphatic heterocycles. The molecular weight excluding hydrogens is 392 g/mol. The Morgan fingerprint density at radius 3 is 1.97 bits per heavy atom. The van der Waals surface area contributed by atoms with Gasteiger partial charge in [-0.25, -0.2) is 4.98 Å². The maximum absolute atomic E-state index is 4.87. The van der Waals surface area contributed by atoms with Crippen molar-refractivity contribution in [1.82, 2.24) is 19.5 Å². The monoisotopic (exact) mass is 412 g/mol. The van der Waals surface area contributed by atoms with Gasteiger partial charge in [-0.2, -0.15) is 9.97 Å². The van der Waals surface area contributed by atoms with Gasteiger partial charge in [0.15, 0.2) is 5.82 Å². The Bertz CT molecular complexity index is 1570. The fourth-order valence-corrected chi connectivity index (χ4v) is 4.28. The molecule has 0 bridgehead atoms. The van der Waals surface area contributed by atoms with Crippen molar-refractivity contribution in [2.24, 2.45) is 0 Å². The van der Waals surface area contributed by atoms with E-state index in [-0.39, 0.29) is 0 Å². The summed E-state index contributed by atoms with van der Waals surface area (Å²) in [7, 11) is 0. The molecule has 32 heavy (non-hydrogen) atoms. The van der Waals surface area contributed by atoms with Crippen molar-refractivity contribution >= 4 is 21.8 Å². The van der Waals surface area contributed by atoms with Gasteiger partial charge in [-0.1, -0.05) is 84.9 Å². The third-order valence-electron chi connectivity index (χ3n) is 5.75. The van der Waals surface area contributed by atoms with Gasteiger partial charge in [-0.15, -0.1) is 0 Å². The summed E-state index contributed by atoms with van der Waals surface area (Å²) in [5.74, 6) is 2.01. The molecule has 2 aromatic heterocycles. The third kappa shape index (κ3) is 3.05. The number of para-hydroxylation sites is 1. The van der Waals surface area contributed by atoms with E-state index in [9.17, 15) is 0 Å². The molecule has 0 spiro atoms. The van der Waals surface area contributed by atoms with Crippen LogP contribution in [-0.2, 0) is 0 Å². The van der Waals surface area contributed by atoms with E-state index in [0.717, 1.165) is 16.6 Å². The molecular formula is C28H20N4. The zero-order valence-electron chi connectivity index (χ0n) is 17.6. The van der Waals surface area contributed by atoms with Crippen LogP contribution in [0.3, 0.4) is 0 Å². The van der Waals surface area contributed by atoms with Crippen LogP contribution in [0.2, 0.25) is 0 Å². The first-order valence-electron chi connectivity index (χ1n) is 10.6. The maximum atomic E-state index is 4.87. The van der Waals surface area contributed by atoms with Crippen LogP contribution in [0, 0.1) is 6.92 Å². The number of benzene rings is 4. The predicted octanol–water partition coefficient (Wildman–Crippen LogP) is 6.61.